The number of nitrogens with one attached hydrogen (secondary N) is 2. The molecule has 0 spiro atoms. The van der Waals surface area contributed by atoms with Crippen molar-refractivity contribution < 1.29 is 14.3 Å². The van der Waals surface area contributed by atoms with Crippen LogP contribution in [0.2, 0.25) is 5.02 Å². The number of hydrogen-bond donors (Lipinski definition) is 2. The number of fused-ring (bicyclic) bond motifs is 1. The highest BCUT2D eigenvalue weighted by molar-refractivity contribution is 7.99. The quantitative estimate of drug-likeness (QED) is 0.123. The van der Waals surface area contributed by atoms with Gasteiger partial charge in [0.15, 0.2) is 11.5 Å². The smallest absolute Gasteiger partial charge is 0.255 e. The minimum atomic E-state index is -0.543. The topological polar surface area (TPSA) is 90.3 Å². The first kappa shape index (κ1) is 30.5. The summed E-state index contributed by atoms with van der Waals surface area (Å²) >= 11 is 7.66. The van der Waals surface area contributed by atoms with Crippen LogP contribution < -0.4 is 20.1 Å². The summed E-state index contributed by atoms with van der Waals surface area (Å²) < 4.78 is 14.0. The molecule has 224 valence electrons. The van der Waals surface area contributed by atoms with Crippen LogP contribution in [0.15, 0.2) is 83.2 Å². The maximum atomic E-state index is 13.9. The third kappa shape index (κ3) is 7.35. The molecular formula is C33H36ClN5O3S. The van der Waals surface area contributed by atoms with Gasteiger partial charge in [-0.15, -0.1) is 5.10 Å². The highest BCUT2D eigenvalue weighted by Gasteiger charge is 2.35. The number of carbonyl (C=O) groups is 1. The van der Waals surface area contributed by atoms with Crippen LogP contribution in [0.4, 0.5) is 11.6 Å². The van der Waals surface area contributed by atoms with E-state index in [1.54, 1.807) is 16.4 Å². The van der Waals surface area contributed by atoms with Gasteiger partial charge in [-0.25, -0.2) is 4.68 Å². The summed E-state index contributed by atoms with van der Waals surface area (Å²) in [5.41, 5.74) is 4.86. The number of halogens is 1. The van der Waals surface area contributed by atoms with E-state index in [-0.39, 0.29) is 5.91 Å². The zero-order valence-electron chi connectivity index (χ0n) is 24.8. The van der Waals surface area contributed by atoms with Crippen molar-refractivity contribution in [2.45, 2.75) is 58.3 Å². The van der Waals surface area contributed by atoms with Crippen LogP contribution in [0.25, 0.3) is 0 Å². The average Bonchev–Trinajstić information content (AvgIpc) is 3.39. The van der Waals surface area contributed by atoms with Crippen LogP contribution in [-0.4, -0.2) is 33.0 Å². The molecule has 1 aliphatic rings. The fourth-order valence-corrected chi connectivity index (χ4v) is 5.89. The molecule has 0 aliphatic carbocycles. The van der Waals surface area contributed by atoms with Crippen molar-refractivity contribution in [2.24, 2.45) is 0 Å². The van der Waals surface area contributed by atoms with Gasteiger partial charge in [-0.2, -0.15) is 4.98 Å². The van der Waals surface area contributed by atoms with E-state index >= 15 is 0 Å². The van der Waals surface area contributed by atoms with Gasteiger partial charge in [0.05, 0.1) is 12.2 Å². The molecule has 1 amide bonds. The maximum Gasteiger partial charge on any atom is 0.255 e. The van der Waals surface area contributed by atoms with Gasteiger partial charge in [0, 0.05) is 22.2 Å². The number of anilines is 2. The lowest BCUT2D eigenvalue weighted by atomic mass is 9.94. The van der Waals surface area contributed by atoms with Crippen molar-refractivity contribution in [1.82, 2.24) is 14.8 Å². The summed E-state index contributed by atoms with van der Waals surface area (Å²) in [6, 6.07) is 20.5. The van der Waals surface area contributed by atoms with E-state index < -0.39 is 6.04 Å². The molecule has 3 aromatic carbocycles. The molecule has 1 aromatic heterocycles. The van der Waals surface area contributed by atoms with E-state index in [0.29, 0.717) is 52.1 Å². The van der Waals surface area contributed by atoms with Gasteiger partial charge >= 0.3 is 0 Å². The van der Waals surface area contributed by atoms with Crippen molar-refractivity contribution in [3.8, 4) is 11.5 Å². The van der Waals surface area contributed by atoms with E-state index in [4.69, 9.17) is 31.2 Å². The van der Waals surface area contributed by atoms with Crippen LogP contribution in [0, 0.1) is 6.92 Å². The Labute approximate surface area is 261 Å². The molecule has 2 heterocycles. The summed E-state index contributed by atoms with van der Waals surface area (Å²) in [7, 11) is 0. The minimum absolute atomic E-state index is 0.219. The number of aromatic nitrogens is 3. The minimum Gasteiger partial charge on any atom is -0.490 e. The number of thioether (sulfide) groups is 1. The number of amides is 1. The van der Waals surface area contributed by atoms with Crippen LogP contribution in [0.1, 0.15) is 56.3 Å². The Morgan fingerprint density at radius 1 is 1.05 bits per heavy atom. The molecule has 0 radical (unpaired) electrons. The van der Waals surface area contributed by atoms with Gasteiger partial charge in [-0.3, -0.25) is 4.79 Å². The van der Waals surface area contributed by atoms with Gasteiger partial charge in [-0.05, 0) is 80.3 Å². The Morgan fingerprint density at radius 2 is 1.86 bits per heavy atom. The lowest BCUT2D eigenvalue weighted by Gasteiger charge is -2.29. The Morgan fingerprint density at radius 3 is 2.60 bits per heavy atom. The molecule has 4 aromatic rings. The summed E-state index contributed by atoms with van der Waals surface area (Å²) in [5.74, 6) is 2.49. The second kappa shape index (κ2) is 14.0. The van der Waals surface area contributed by atoms with Crippen molar-refractivity contribution in [1.29, 1.82) is 0 Å². The third-order valence-electron chi connectivity index (χ3n) is 6.97. The van der Waals surface area contributed by atoms with Crippen LogP contribution in [-0.2, 0) is 11.4 Å². The van der Waals surface area contributed by atoms with E-state index in [1.165, 1.54) is 0 Å². The van der Waals surface area contributed by atoms with Gasteiger partial charge in [-0.1, -0.05) is 67.0 Å². The summed E-state index contributed by atoms with van der Waals surface area (Å²) in [5, 5.41) is 12.6. The highest BCUT2D eigenvalue weighted by Crippen LogP contribution is 2.40. The van der Waals surface area contributed by atoms with E-state index in [0.717, 1.165) is 41.0 Å². The van der Waals surface area contributed by atoms with Crippen molar-refractivity contribution >= 4 is 40.9 Å². The number of unbranched alkanes of at least 4 members (excludes halogenated alkanes) is 1. The summed E-state index contributed by atoms with van der Waals surface area (Å²) in [6.07, 6.45) is 2.17. The number of aryl methyl sites for hydroxylation is 1. The molecule has 0 saturated carbocycles. The Bertz CT molecular complexity index is 1620. The van der Waals surface area contributed by atoms with E-state index in [9.17, 15) is 4.79 Å². The number of nitrogens with zero attached hydrogens (tertiary/aromatic N) is 3. The SMILES string of the molecule is CCCCSc1nc2n(n1)C(c1ccc(OCc3ccc(Cl)cc3)c(OCC)c1)C(C(=O)Nc1cccc(C)c1)=C(C)N2. The highest BCUT2D eigenvalue weighted by atomic mass is 35.5. The first-order valence-electron chi connectivity index (χ1n) is 14.5. The van der Waals surface area contributed by atoms with E-state index in [1.807, 2.05) is 87.5 Å². The summed E-state index contributed by atoms with van der Waals surface area (Å²) in [4.78, 5) is 18.7. The molecule has 1 unspecified atom stereocenters. The first-order valence-corrected chi connectivity index (χ1v) is 15.8. The van der Waals surface area contributed by atoms with Gasteiger partial charge in [0.1, 0.15) is 12.6 Å². The zero-order chi connectivity index (χ0) is 30.3. The van der Waals surface area contributed by atoms with Crippen molar-refractivity contribution in [3.63, 3.8) is 0 Å². The fraction of sp³-hybridized carbons (Fsp3) is 0.303. The first-order chi connectivity index (χ1) is 20.9. The Kier molecular flexibility index (Phi) is 9.94. The van der Waals surface area contributed by atoms with Crippen molar-refractivity contribution in [3.05, 3.63) is 99.7 Å². The van der Waals surface area contributed by atoms with Crippen molar-refractivity contribution in [2.75, 3.05) is 23.0 Å². The summed E-state index contributed by atoms with van der Waals surface area (Å²) in [6.45, 7) is 8.80. The molecule has 10 heteroatoms. The lowest BCUT2D eigenvalue weighted by Crippen LogP contribution is -2.31. The fourth-order valence-electron chi connectivity index (χ4n) is 4.85. The Hall–Kier alpha value is -3.95. The van der Waals surface area contributed by atoms with Gasteiger partial charge < -0.3 is 20.1 Å². The molecule has 43 heavy (non-hydrogen) atoms. The van der Waals surface area contributed by atoms with Crippen LogP contribution in [0.5, 0.6) is 11.5 Å². The predicted octanol–water partition coefficient (Wildman–Crippen LogP) is 8.04. The number of hydrogen-bond acceptors (Lipinski definition) is 7. The number of allylic oxidation sites excluding steroid dienone is 1. The second-order valence-corrected chi connectivity index (χ2v) is 11.8. The lowest BCUT2D eigenvalue weighted by molar-refractivity contribution is -0.113. The Balaban J connectivity index is 1.51. The molecule has 0 saturated heterocycles. The molecule has 0 fully saturated rings. The van der Waals surface area contributed by atoms with Crippen LogP contribution >= 0.6 is 23.4 Å². The molecule has 0 bridgehead atoms. The zero-order valence-corrected chi connectivity index (χ0v) is 26.4. The number of carbonyl (C=O) groups excluding carboxylic acids is 1. The van der Waals surface area contributed by atoms with Crippen LogP contribution in [0.3, 0.4) is 0 Å². The molecule has 8 nitrogen and oxygen atoms in total. The molecule has 2 N–H and O–H groups in total. The second-order valence-electron chi connectivity index (χ2n) is 10.3. The number of rotatable bonds is 12. The number of ether oxygens (including phenoxy) is 2. The third-order valence-corrected chi connectivity index (χ3v) is 8.15. The number of benzene rings is 3. The maximum absolute atomic E-state index is 13.9. The molecular weight excluding hydrogens is 582 g/mol. The average molecular weight is 618 g/mol. The normalized spacial score (nSPS) is 14.2. The van der Waals surface area contributed by atoms with Gasteiger partial charge in [0.2, 0.25) is 11.1 Å². The molecule has 1 atom stereocenters. The predicted molar refractivity (Wildman–Crippen MR) is 173 cm³/mol. The monoisotopic (exact) mass is 617 g/mol. The molecule has 5 rings (SSSR count). The van der Waals surface area contributed by atoms with E-state index in [2.05, 4.69) is 17.6 Å². The largest absolute Gasteiger partial charge is 0.490 e. The van der Waals surface area contributed by atoms with Gasteiger partial charge in [0.25, 0.3) is 5.91 Å². The standard InChI is InChI=1S/C33H36ClN5O3S/c1-5-7-17-43-33-37-32-35-22(4)29(31(40)36-26-10-8-9-21(3)18-26)30(39(32)38-33)24-13-16-27(28(19-24)41-6-2)42-20-23-11-14-25(34)15-12-23/h8-16,18-19,30H,5-7,17,20H2,1-4H3,(H,36,40)(H,35,37,38). The molecule has 1 aliphatic heterocycles.